The van der Waals surface area contributed by atoms with Gasteiger partial charge in [-0.2, -0.15) is 0 Å². The summed E-state index contributed by atoms with van der Waals surface area (Å²) in [6.45, 7) is 5.24. The molecule has 1 fully saturated rings. The Morgan fingerprint density at radius 3 is 2.42 bits per heavy atom. The molecule has 0 aliphatic carbocycles. The van der Waals surface area contributed by atoms with Crippen molar-refractivity contribution >= 4 is 23.4 Å². The third-order valence-electron chi connectivity index (χ3n) is 4.46. The average molecular weight is 385 g/mol. The average Bonchev–Trinajstić information content (AvgIpc) is 2.58. The van der Waals surface area contributed by atoms with E-state index in [9.17, 15) is 14.0 Å². The van der Waals surface area contributed by atoms with Gasteiger partial charge in [0.2, 0.25) is 11.8 Å². The minimum atomic E-state index is -0.540. The number of nitrogens with zero attached hydrogens (tertiary/aromatic N) is 3. The molecule has 1 N–H and O–H groups in total. The molecule has 1 heterocycles. The Morgan fingerprint density at radius 2 is 1.85 bits per heavy atom. The van der Waals surface area contributed by atoms with Crippen LogP contribution in [0.1, 0.15) is 12.5 Å². The molecule has 1 aliphatic heterocycles. The van der Waals surface area contributed by atoms with Crippen molar-refractivity contribution < 1.29 is 14.0 Å². The summed E-state index contributed by atoms with van der Waals surface area (Å²) in [5.74, 6) is -0.595. The number of benzene rings is 1. The molecule has 144 valence electrons. The normalized spacial score (nSPS) is 17.0. The topological polar surface area (TPSA) is 55.9 Å². The second kappa shape index (κ2) is 9.30. The monoisotopic (exact) mass is 384 g/mol. The van der Waals surface area contributed by atoms with E-state index >= 15 is 0 Å². The highest BCUT2D eigenvalue weighted by atomic mass is 35.5. The van der Waals surface area contributed by atoms with Crippen LogP contribution >= 0.6 is 11.6 Å². The van der Waals surface area contributed by atoms with Crippen LogP contribution in [-0.4, -0.2) is 79.4 Å². The Labute approximate surface area is 158 Å². The van der Waals surface area contributed by atoms with Gasteiger partial charge in [0, 0.05) is 57.4 Å². The third kappa shape index (κ3) is 5.65. The molecule has 0 saturated carbocycles. The van der Waals surface area contributed by atoms with E-state index in [1.54, 1.807) is 33.2 Å². The quantitative estimate of drug-likeness (QED) is 0.800. The van der Waals surface area contributed by atoms with Crippen LogP contribution in [0.3, 0.4) is 0 Å². The summed E-state index contributed by atoms with van der Waals surface area (Å²) < 4.78 is 13.9. The highest BCUT2D eigenvalue weighted by Gasteiger charge is 2.22. The maximum Gasteiger partial charge on any atom is 0.244 e. The predicted octanol–water partition coefficient (Wildman–Crippen LogP) is 1.19. The lowest BCUT2D eigenvalue weighted by molar-refractivity contribution is -0.134. The Kier molecular flexibility index (Phi) is 7.37. The zero-order chi connectivity index (χ0) is 19.3. The summed E-state index contributed by atoms with van der Waals surface area (Å²) in [5, 5.41) is 3.16. The molecule has 1 atom stereocenters. The molecule has 8 heteroatoms. The van der Waals surface area contributed by atoms with Gasteiger partial charge in [-0.1, -0.05) is 17.7 Å². The Hall–Kier alpha value is -1.70. The lowest BCUT2D eigenvalue weighted by atomic mass is 10.2. The molecule has 0 radical (unpaired) electrons. The van der Waals surface area contributed by atoms with Gasteiger partial charge in [-0.15, -0.1) is 0 Å². The second-order valence-corrected chi connectivity index (χ2v) is 7.18. The minimum Gasteiger partial charge on any atom is -0.347 e. The largest absolute Gasteiger partial charge is 0.347 e. The number of piperazine rings is 1. The van der Waals surface area contributed by atoms with Crippen LogP contribution in [0, 0.1) is 5.82 Å². The predicted molar refractivity (Wildman–Crippen MR) is 99.4 cm³/mol. The molecule has 1 aromatic carbocycles. The lowest BCUT2D eigenvalue weighted by Crippen LogP contribution is -2.51. The minimum absolute atomic E-state index is 0.134. The molecule has 1 aliphatic rings. The summed E-state index contributed by atoms with van der Waals surface area (Å²) in [4.78, 5) is 29.5. The summed E-state index contributed by atoms with van der Waals surface area (Å²) in [6, 6.07) is 4.16. The number of likely N-dealkylation sites (N-methyl/N-ethyl adjacent to an activating group) is 1. The van der Waals surface area contributed by atoms with E-state index in [-0.39, 0.29) is 24.2 Å². The van der Waals surface area contributed by atoms with Crippen molar-refractivity contribution in [2.45, 2.75) is 19.5 Å². The summed E-state index contributed by atoms with van der Waals surface area (Å²) in [5.41, 5.74) is 0.511. The molecule has 1 unspecified atom stereocenters. The van der Waals surface area contributed by atoms with Crippen molar-refractivity contribution in [3.05, 3.63) is 34.6 Å². The van der Waals surface area contributed by atoms with Gasteiger partial charge in [-0.25, -0.2) is 4.39 Å². The van der Waals surface area contributed by atoms with Gasteiger partial charge in [0.05, 0.1) is 6.54 Å². The summed E-state index contributed by atoms with van der Waals surface area (Å²) in [6.07, 6.45) is 0. The van der Waals surface area contributed by atoms with E-state index in [1.807, 2.05) is 4.90 Å². The van der Waals surface area contributed by atoms with Gasteiger partial charge in [-0.3, -0.25) is 19.4 Å². The van der Waals surface area contributed by atoms with Gasteiger partial charge in [-0.05, 0) is 19.1 Å². The fraction of sp³-hybridized carbons (Fsp3) is 0.556. The molecule has 1 aromatic rings. The Morgan fingerprint density at radius 1 is 1.23 bits per heavy atom. The van der Waals surface area contributed by atoms with E-state index in [0.717, 1.165) is 13.1 Å². The molecule has 6 nitrogen and oxygen atoms in total. The molecule has 0 aromatic heterocycles. The number of amides is 2. The number of hydrogen-bond acceptors (Lipinski definition) is 4. The number of rotatable bonds is 6. The molecule has 0 bridgehead atoms. The molecular formula is C18H26ClFN4O2. The highest BCUT2D eigenvalue weighted by Crippen LogP contribution is 2.21. The molecule has 2 rings (SSSR count). The molecule has 1 saturated heterocycles. The first-order valence-electron chi connectivity index (χ1n) is 8.66. The first kappa shape index (κ1) is 20.6. The van der Waals surface area contributed by atoms with E-state index in [0.29, 0.717) is 30.2 Å². The molecule has 2 amide bonds. The van der Waals surface area contributed by atoms with Crippen LogP contribution in [0.25, 0.3) is 0 Å². The van der Waals surface area contributed by atoms with Crippen molar-refractivity contribution in [2.75, 3.05) is 46.8 Å². The van der Waals surface area contributed by atoms with Gasteiger partial charge in [0.1, 0.15) is 11.9 Å². The molecule has 0 spiro atoms. The van der Waals surface area contributed by atoms with Crippen molar-refractivity contribution in [3.63, 3.8) is 0 Å². The third-order valence-corrected chi connectivity index (χ3v) is 4.82. The van der Waals surface area contributed by atoms with Crippen molar-refractivity contribution in [3.8, 4) is 0 Å². The van der Waals surface area contributed by atoms with Gasteiger partial charge < -0.3 is 10.2 Å². The standard InChI is InChI=1S/C18H26ClFN4O2/c1-13(18(26)22(2)3)21-17(25)12-24-9-7-23(8-10-24)11-14-15(19)5-4-6-16(14)20/h4-6,13H,7-12H2,1-3H3,(H,21,25). The maximum atomic E-state index is 13.9. The number of nitrogens with one attached hydrogen (secondary N) is 1. The van der Waals surface area contributed by atoms with Crippen molar-refractivity contribution in [1.82, 2.24) is 20.0 Å². The van der Waals surface area contributed by atoms with Crippen LogP contribution in [0.4, 0.5) is 4.39 Å². The van der Waals surface area contributed by atoms with Gasteiger partial charge >= 0.3 is 0 Å². The summed E-state index contributed by atoms with van der Waals surface area (Å²) in [7, 11) is 3.32. The van der Waals surface area contributed by atoms with Crippen molar-refractivity contribution in [1.29, 1.82) is 0 Å². The zero-order valence-electron chi connectivity index (χ0n) is 15.5. The number of halogens is 2. The van der Waals surface area contributed by atoms with E-state index in [2.05, 4.69) is 10.2 Å². The van der Waals surface area contributed by atoms with Gasteiger partial charge in [0.15, 0.2) is 0 Å². The Balaban J connectivity index is 1.78. The van der Waals surface area contributed by atoms with Gasteiger partial charge in [0.25, 0.3) is 0 Å². The van der Waals surface area contributed by atoms with Crippen LogP contribution in [0.5, 0.6) is 0 Å². The van der Waals surface area contributed by atoms with E-state index in [1.165, 1.54) is 11.0 Å². The maximum absolute atomic E-state index is 13.9. The van der Waals surface area contributed by atoms with Crippen molar-refractivity contribution in [2.24, 2.45) is 0 Å². The van der Waals surface area contributed by atoms with Crippen LogP contribution < -0.4 is 5.32 Å². The first-order chi connectivity index (χ1) is 12.3. The highest BCUT2D eigenvalue weighted by molar-refractivity contribution is 6.31. The first-order valence-corrected chi connectivity index (χ1v) is 9.04. The molecular weight excluding hydrogens is 359 g/mol. The lowest BCUT2D eigenvalue weighted by Gasteiger charge is -2.34. The SMILES string of the molecule is CC(NC(=O)CN1CCN(Cc2c(F)cccc2Cl)CC1)C(=O)N(C)C. The smallest absolute Gasteiger partial charge is 0.244 e. The Bertz CT molecular complexity index is 628. The van der Waals surface area contributed by atoms with Crippen LogP contribution in [0.15, 0.2) is 18.2 Å². The number of hydrogen-bond donors (Lipinski definition) is 1. The summed E-state index contributed by atoms with van der Waals surface area (Å²) >= 11 is 6.08. The van der Waals surface area contributed by atoms with Crippen LogP contribution in [-0.2, 0) is 16.1 Å². The zero-order valence-corrected chi connectivity index (χ0v) is 16.2. The fourth-order valence-corrected chi connectivity index (χ4v) is 3.17. The van der Waals surface area contributed by atoms with E-state index < -0.39 is 6.04 Å². The second-order valence-electron chi connectivity index (χ2n) is 6.77. The molecule has 26 heavy (non-hydrogen) atoms. The number of carbonyl (C=O) groups is 2. The van der Waals surface area contributed by atoms with Crippen LogP contribution in [0.2, 0.25) is 5.02 Å². The fourth-order valence-electron chi connectivity index (χ4n) is 2.95. The van der Waals surface area contributed by atoms with E-state index in [4.69, 9.17) is 11.6 Å². The number of carbonyl (C=O) groups excluding carboxylic acids is 2.